The zero-order valence-electron chi connectivity index (χ0n) is 13.9. The second-order valence-corrected chi connectivity index (χ2v) is 8.21. The first-order valence-corrected chi connectivity index (χ1v) is 9.64. The topological polar surface area (TPSA) is 125 Å². The molecule has 4 N–H and O–H groups in total. The van der Waals surface area contributed by atoms with Crippen LogP contribution in [0.15, 0.2) is 28.6 Å². The second-order valence-electron chi connectivity index (χ2n) is 5.80. The van der Waals surface area contributed by atoms with Crippen molar-refractivity contribution < 1.29 is 29.9 Å². The highest BCUT2D eigenvalue weighted by molar-refractivity contribution is 8.01. The first-order valence-electron chi connectivity index (χ1n) is 7.94. The first kappa shape index (κ1) is 19.5. The third-order valence-corrected chi connectivity index (χ3v) is 6.19. The number of thioether (sulfide) groups is 1. The molecule has 10 heteroatoms. The Kier molecular flexibility index (Phi) is 6.46. The predicted octanol–water partition coefficient (Wildman–Crippen LogP) is 0.0295. The van der Waals surface area contributed by atoms with E-state index in [0.29, 0.717) is 10.8 Å². The van der Waals surface area contributed by atoms with E-state index in [1.165, 1.54) is 11.3 Å². The molecule has 0 radical (unpaired) electrons. The molecule has 2 aromatic rings. The van der Waals surface area contributed by atoms with Crippen molar-refractivity contribution in [1.82, 2.24) is 10.2 Å². The lowest BCUT2D eigenvalue weighted by Crippen LogP contribution is -2.57. The van der Waals surface area contributed by atoms with Gasteiger partial charge in [0.1, 0.15) is 40.6 Å². The van der Waals surface area contributed by atoms with Crippen LogP contribution in [-0.4, -0.2) is 74.2 Å². The molecule has 0 amide bonds. The molecule has 2 heterocycles. The van der Waals surface area contributed by atoms with Crippen LogP contribution in [0, 0.1) is 0 Å². The normalized spacial score (nSPS) is 28.9. The fourth-order valence-corrected chi connectivity index (χ4v) is 4.69. The van der Waals surface area contributed by atoms with E-state index in [9.17, 15) is 20.4 Å². The molecule has 0 bridgehead atoms. The predicted molar refractivity (Wildman–Crippen MR) is 95.3 cm³/mol. The van der Waals surface area contributed by atoms with Crippen molar-refractivity contribution >= 4 is 23.1 Å². The van der Waals surface area contributed by atoms with E-state index < -0.39 is 36.5 Å². The van der Waals surface area contributed by atoms with Gasteiger partial charge in [0.25, 0.3) is 0 Å². The standard InChI is InChI=1S/C16H20N2O6S2/c1-23-9-4-2-8(3-5-9)6-11-17-18-16(25-11)26-15-14(22)13(21)12(20)10(7-19)24-15/h2-5,10,12-15,19-22H,6-7H2,1H3/t10-,12+,13+,14-,15+/m1/s1. The van der Waals surface area contributed by atoms with Crippen LogP contribution in [0.4, 0.5) is 0 Å². The Morgan fingerprint density at radius 3 is 2.50 bits per heavy atom. The van der Waals surface area contributed by atoms with Gasteiger partial charge >= 0.3 is 0 Å². The van der Waals surface area contributed by atoms with E-state index in [4.69, 9.17) is 9.47 Å². The van der Waals surface area contributed by atoms with Gasteiger partial charge in [-0.3, -0.25) is 0 Å². The molecular weight excluding hydrogens is 380 g/mol. The van der Waals surface area contributed by atoms with Crippen LogP contribution in [0.1, 0.15) is 10.6 Å². The summed E-state index contributed by atoms with van der Waals surface area (Å²) in [5, 5.41) is 48.0. The van der Waals surface area contributed by atoms with E-state index in [2.05, 4.69) is 10.2 Å². The third-order valence-electron chi connectivity index (χ3n) is 4.03. The number of aliphatic hydroxyl groups is 4. The fraction of sp³-hybridized carbons (Fsp3) is 0.500. The number of aliphatic hydroxyl groups excluding tert-OH is 4. The van der Waals surface area contributed by atoms with Gasteiger partial charge in [-0.25, -0.2) is 0 Å². The van der Waals surface area contributed by atoms with Gasteiger partial charge in [0.2, 0.25) is 0 Å². The smallest absolute Gasteiger partial charge is 0.176 e. The SMILES string of the molecule is COc1ccc(Cc2nnc(S[C@@H]3O[C@H](CO)[C@H](O)[C@H](O)[C@H]3O)s2)cc1. The van der Waals surface area contributed by atoms with Crippen molar-refractivity contribution in [1.29, 1.82) is 0 Å². The van der Waals surface area contributed by atoms with Crippen LogP contribution in [0.5, 0.6) is 5.75 Å². The molecule has 1 fully saturated rings. The van der Waals surface area contributed by atoms with Crippen molar-refractivity contribution in [3.63, 3.8) is 0 Å². The van der Waals surface area contributed by atoms with Gasteiger partial charge in [-0.1, -0.05) is 35.2 Å². The monoisotopic (exact) mass is 400 g/mol. The Balaban J connectivity index is 1.64. The van der Waals surface area contributed by atoms with Crippen molar-refractivity contribution in [3.8, 4) is 5.75 Å². The lowest BCUT2D eigenvalue weighted by atomic mass is 10.0. The number of hydrogen-bond acceptors (Lipinski definition) is 10. The highest BCUT2D eigenvalue weighted by Gasteiger charge is 2.44. The van der Waals surface area contributed by atoms with E-state index in [1.54, 1.807) is 7.11 Å². The quantitative estimate of drug-likeness (QED) is 0.531. The summed E-state index contributed by atoms with van der Waals surface area (Å²) in [6.07, 6.45) is -4.39. The highest BCUT2D eigenvalue weighted by Crippen LogP contribution is 2.35. The zero-order chi connectivity index (χ0) is 18.7. The van der Waals surface area contributed by atoms with Crippen LogP contribution in [0.25, 0.3) is 0 Å². The molecule has 3 rings (SSSR count). The molecule has 0 spiro atoms. The summed E-state index contributed by atoms with van der Waals surface area (Å²) in [5.74, 6) is 0.782. The lowest BCUT2D eigenvalue weighted by molar-refractivity contribution is -0.205. The summed E-state index contributed by atoms with van der Waals surface area (Å²) in [6, 6.07) is 7.65. The Morgan fingerprint density at radius 1 is 1.12 bits per heavy atom. The number of nitrogens with zero attached hydrogens (tertiary/aromatic N) is 2. The van der Waals surface area contributed by atoms with Crippen molar-refractivity contribution in [2.45, 2.75) is 40.6 Å². The van der Waals surface area contributed by atoms with Crippen LogP contribution >= 0.6 is 23.1 Å². The summed E-state index contributed by atoms with van der Waals surface area (Å²) in [4.78, 5) is 0. The third kappa shape index (κ3) is 4.34. The number of benzene rings is 1. The molecule has 5 atom stereocenters. The van der Waals surface area contributed by atoms with E-state index >= 15 is 0 Å². The van der Waals surface area contributed by atoms with Crippen molar-refractivity contribution in [2.75, 3.05) is 13.7 Å². The first-order chi connectivity index (χ1) is 12.5. The molecule has 1 saturated heterocycles. The van der Waals surface area contributed by atoms with Gasteiger partial charge in [-0.15, -0.1) is 10.2 Å². The minimum absolute atomic E-state index is 0.457. The van der Waals surface area contributed by atoms with Gasteiger partial charge in [0, 0.05) is 6.42 Å². The summed E-state index contributed by atoms with van der Waals surface area (Å²) in [7, 11) is 1.61. The second kappa shape index (κ2) is 8.61. The van der Waals surface area contributed by atoms with Crippen LogP contribution in [-0.2, 0) is 11.2 Å². The Hall–Kier alpha value is -1.27. The number of ether oxygens (including phenoxy) is 2. The number of aromatic nitrogens is 2. The molecule has 0 unspecified atom stereocenters. The number of methoxy groups -OCH3 is 1. The Bertz CT molecular complexity index is 711. The maximum absolute atomic E-state index is 10.1. The number of hydrogen-bond donors (Lipinski definition) is 4. The summed E-state index contributed by atoms with van der Waals surface area (Å²) in [5.41, 5.74) is 0.207. The van der Waals surface area contributed by atoms with Gasteiger partial charge < -0.3 is 29.9 Å². The Labute approximate surface area is 158 Å². The lowest BCUT2D eigenvalue weighted by Gasteiger charge is -2.39. The highest BCUT2D eigenvalue weighted by atomic mass is 32.2. The Morgan fingerprint density at radius 2 is 1.85 bits per heavy atom. The van der Waals surface area contributed by atoms with Gasteiger partial charge in [-0.2, -0.15) is 0 Å². The largest absolute Gasteiger partial charge is 0.497 e. The minimum Gasteiger partial charge on any atom is -0.497 e. The van der Waals surface area contributed by atoms with Gasteiger partial charge in [0.15, 0.2) is 4.34 Å². The van der Waals surface area contributed by atoms with Crippen molar-refractivity contribution in [3.05, 3.63) is 34.8 Å². The van der Waals surface area contributed by atoms with Gasteiger partial charge in [0.05, 0.1) is 13.7 Å². The summed E-state index contributed by atoms with van der Waals surface area (Å²) in [6.45, 7) is -0.457. The number of rotatable bonds is 6. The van der Waals surface area contributed by atoms with E-state index in [-0.39, 0.29) is 0 Å². The summed E-state index contributed by atoms with van der Waals surface area (Å²) < 4.78 is 11.2. The van der Waals surface area contributed by atoms with Crippen molar-refractivity contribution in [2.24, 2.45) is 0 Å². The molecule has 0 saturated carbocycles. The van der Waals surface area contributed by atoms with Crippen LogP contribution in [0.3, 0.4) is 0 Å². The van der Waals surface area contributed by atoms with E-state index in [0.717, 1.165) is 28.1 Å². The fourth-order valence-electron chi connectivity index (χ4n) is 2.54. The van der Waals surface area contributed by atoms with Crippen LogP contribution in [0.2, 0.25) is 0 Å². The maximum Gasteiger partial charge on any atom is 0.176 e. The average molecular weight is 400 g/mol. The molecule has 8 nitrogen and oxygen atoms in total. The van der Waals surface area contributed by atoms with Crippen LogP contribution < -0.4 is 4.74 Å². The molecule has 1 aromatic carbocycles. The maximum atomic E-state index is 10.1. The van der Waals surface area contributed by atoms with E-state index in [1.807, 2.05) is 24.3 Å². The molecule has 0 aliphatic carbocycles. The minimum atomic E-state index is -1.40. The molecule has 1 aromatic heterocycles. The molecular formula is C16H20N2O6S2. The summed E-state index contributed by atoms with van der Waals surface area (Å²) >= 11 is 2.46. The zero-order valence-corrected chi connectivity index (χ0v) is 15.6. The van der Waals surface area contributed by atoms with Gasteiger partial charge in [-0.05, 0) is 17.7 Å². The molecule has 142 valence electrons. The average Bonchev–Trinajstić information content (AvgIpc) is 3.09. The molecule has 26 heavy (non-hydrogen) atoms. The molecule has 1 aliphatic heterocycles. The molecule has 1 aliphatic rings.